The van der Waals surface area contributed by atoms with Crippen molar-refractivity contribution in [2.45, 2.75) is 13.1 Å². The highest BCUT2D eigenvalue weighted by atomic mass is 19.4. The predicted molar refractivity (Wildman–Crippen MR) is 94.8 cm³/mol. The topological polar surface area (TPSA) is 61.4 Å². The lowest BCUT2D eigenvalue weighted by Crippen LogP contribution is -2.48. The zero-order valence-corrected chi connectivity index (χ0v) is 14.8. The molecule has 0 aliphatic carbocycles. The Morgan fingerprint density at radius 3 is 2.52 bits per heavy atom. The van der Waals surface area contributed by atoms with Crippen molar-refractivity contribution in [1.29, 1.82) is 0 Å². The fraction of sp³-hybridized carbons (Fsp3) is 0.389. The van der Waals surface area contributed by atoms with Crippen molar-refractivity contribution < 1.29 is 18.0 Å². The molecule has 1 aromatic carbocycles. The lowest BCUT2D eigenvalue weighted by atomic mass is 10.1. The van der Waals surface area contributed by atoms with Crippen LogP contribution in [0, 0.1) is 0 Å². The molecule has 0 saturated carbocycles. The van der Waals surface area contributed by atoms with E-state index in [0.717, 1.165) is 25.7 Å². The number of likely N-dealkylation sites (N-methyl/N-ethyl adjacent to an activating group) is 1. The van der Waals surface area contributed by atoms with Gasteiger partial charge in [-0.3, -0.25) is 4.79 Å². The molecule has 2 aromatic rings. The number of aromatic nitrogens is 2. The van der Waals surface area contributed by atoms with Gasteiger partial charge in [0.2, 0.25) is 0 Å². The van der Waals surface area contributed by atoms with E-state index in [1.165, 1.54) is 30.6 Å². The van der Waals surface area contributed by atoms with Gasteiger partial charge in [-0.1, -0.05) is 19.1 Å². The van der Waals surface area contributed by atoms with Gasteiger partial charge in [-0.25, -0.2) is 9.97 Å². The van der Waals surface area contributed by atoms with Gasteiger partial charge in [0.25, 0.3) is 5.91 Å². The molecule has 144 valence electrons. The highest BCUT2D eigenvalue weighted by molar-refractivity contribution is 5.93. The number of benzene rings is 1. The minimum absolute atomic E-state index is 0.126. The molecule has 1 amide bonds. The summed E-state index contributed by atoms with van der Waals surface area (Å²) in [7, 11) is 0. The largest absolute Gasteiger partial charge is 0.418 e. The number of rotatable bonds is 4. The zero-order valence-electron chi connectivity index (χ0n) is 14.8. The van der Waals surface area contributed by atoms with E-state index in [2.05, 4.69) is 27.1 Å². The zero-order chi connectivity index (χ0) is 19.4. The maximum atomic E-state index is 13.1. The summed E-state index contributed by atoms with van der Waals surface area (Å²) in [5.74, 6) is -0.113. The minimum Gasteiger partial charge on any atom is -0.340 e. The van der Waals surface area contributed by atoms with Crippen LogP contribution in [-0.4, -0.2) is 58.4 Å². The average molecular weight is 379 g/mol. The molecule has 1 aliphatic heterocycles. The Bertz CT molecular complexity index is 804. The fourth-order valence-corrected chi connectivity index (χ4v) is 2.95. The molecule has 0 radical (unpaired) electrons. The maximum absolute atomic E-state index is 13.1. The molecule has 1 fully saturated rings. The number of hydrogen-bond donors (Lipinski definition) is 1. The summed E-state index contributed by atoms with van der Waals surface area (Å²) < 4.78 is 39.4. The van der Waals surface area contributed by atoms with Gasteiger partial charge in [-0.05, 0) is 18.7 Å². The Morgan fingerprint density at radius 2 is 1.85 bits per heavy atom. The molecular weight excluding hydrogens is 359 g/mol. The van der Waals surface area contributed by atoms with Crippen LogP contribution in [0.2, 0.25) is 0 Å². The van der Waals surface area contributed by atoms with Crippen LogP contribution in [0.5, 0.6) is 0 Å². The smallest absolute Gasteiger partial charge is 0.340 e. The standard InChI is InChI=1S/C18H20F3N5O/c1-2-25-7-9-26(10-8-25)17(27)15-11-16(23-12-22-15)24-14-6-4-3-5-13(14)18(19,20)21/h3-6,11-12H,2,7-10H2,1H3,(H,22,23,24). The number of piperazine rings is 1. The van der Waals surface area contributed by atoms with Crippen LogP contribution in [0.25, 0.3) is 0 Å². The second-order valence-electron chi connectivity index (χ2n) is 6.18. The number of para-hydroxylation sites is 1. The SMILES string of the molecule is CCN1CCN(C(=O)c2cc(Nc3ccccc3C(F)(F)F)ncn2)CC1. The molecule has 2 heterocycles. The number of carbonyl (C=O) groups is 1. The normalized spacial score (nSPS) is 15.6. The highest BCUT2D eigenvalue weighted by Crippen LogP contribution is 2.35. The first-order valence-corrected chi connectivity index (χ1v) is 8.65. The molecule has 3 rings (SSSR count). The number of alkyl halides is 3. The second-order valence-corrected chi connectivity index (χ2v) is 6.18. The van der Waals surface area contributed by atoms with E-state index >= 15 is 0 Å². The van der Waals surface area contributed by atoms with Crippen LogP contribution in [0.1, 0.15) is 23.0 Å². The average Bonchev–Trinajstić information content (AvgIpc) is 2.67. The third kappa shape index (κ3) is 4.54. The fourth-order valence-electron chi connectivity index (χ4n) is 2.95. The van der Waals surface area contributed by atoms with Crippen LogP contribution in [0.3, 0.4) is 0 Å². The summed E-state index contributed by atoms with van der Waals surface area (Å²) >= 11 is 0. The van der Waals surface area contributed by atoms with Gasteiger partial charge in [0, 0.05) is 32.2 Å². The van der Waals surface area contributed by atoms with Crippen LogP contribution in [0.15, 0.2) is 36.7 Å². The molecule has 1 N–H and O–H groups in total. The summed E-state index contributed by atoms with van der Waals surface area (Å²) in [6.07, 6.45) is -3.32. The summed E-state index contributed by atoms with van der Waals surface area (Å²) in [6.45, 7) is 5.77. The highest BCUT2D eigenvalue weighted by Gasteiger charge is 2.33. The molecule has 9 heteroatoms. The summed E-state index contributed by atoms with van der Waals surface area (Å²) in [4.78, 5) is 24.5. The Morgan fingerprint density at radius 1 is 1.15 bits per heavy atom. The molecule has 6 nitrogen and oxygen atoms in total. The molecule has 0 spiro atoms. The van der Waals surface area contributed by atoms with Crippen molar-refractivity contribution in [2.75, 3.05) is 38.0 Å². The molecule has 1 aromatic heterocycles. The number of hydrogen-bond acceptors (Lipinski definition) is 5. The van der Waals surface area contributed by atoms with E-state index in [4.69, 9.17) is 0 Å². The number of anilines is 2. The number of halogens is 3. The number of amides is 1. The Kier molecular flexibility index (Phi) is 5.59. The second kappa shape index (κ2) is 7.91. The lowest BCUT2D eigenvalue weighted by molar-refractivity contribution is -0.136. The predicted octanol–water partition coefficient (Wildman–Crippen LogP) is 3.02. The van der Waals surface area contributed by atoms with E-state index < -0.39 is 11.7 Å². The third-order valence-corrected chi connectivity index (χ3v) is 4.49. The Labute approximate surface area is 155 Å². The van der Waals surface area contributed by atoms with Gasteiger partial charge in [0.1, 0.15) is 17.8 Å². The third-order valence-electron chi connectivity index (χ3n) is 4.49. The van der Waals surface area contributed by atoms with Gasteiger partial charge in [-0.15, -0.1) is 0 Å². The van der Waals surface area contributed by atoms with Crippen molar-refractivity contribution in [3.8, 4) is 0 Å². The van der Waals surface area contributed by atoms with Gasteiger partial charge < -0.3 is 15.1 Å². The van der Waals surface area contributed by atoms with Crippen LogP contribution in [-0.2, 0) is 6.18 Å². The van der Waals surface area contributed by atoms with E-state index in [0.29, 0.717) is 13.1 Å². The lowest BCUT2D eigenvalue weighted by Gasteiger charge is -2.33. The summed E-state index contributed by atoms with van der Waals surface area (Å²) in [5, 5.41) is 2.64. The first kappa shape index (κ1) is 19.1. The van der Waals surface area contributed by atoms with Gasteiger partial charge in [-0.2, -0.15) is 13.2 Å². The van der Waals surface area contributed by atoms with E-state index in [-0.39, 0.29) is 23.1 Å². The van der Waals surface area contributed by atoms with Gasteiger partial charge in [0.15, 0.2) is 0 Å². The van der Waals surface area contributed by atoms with Crippen LogP contribution < -0.4 is 5.32 Å². The van der Waals surface area contributed by atoms with Crippen molar-refractivity contribution >= 4 is 17.4 Å². The molecule has 0 atom stereocenters. The van der Waals surface area contributed by atoms with Crippen molar-refractivity contribution in [3.63, 3.8) is 0 Å². The summed E-state index contributed by atoms with van der Waals surface area (Å²) in [5.41, 5.74) is -0.771. The van der Waals surface area contributed by atoms with Crippen molar-refractivity contribution in [3.05, 3.63) is 47.9 Å². The maximum Gasteiger partial charge on any atom is 0.418 e. The Balaban J connectivity index is 1.76. The van der Waals surface area contributed by atoms with Gasteiger partial charge in [0.05, 0.1) is 11.3 Å². The summed E-state index contributed by atoms with van der Waals surface area (Å²) in [6, 6.07) is 6.50. The number of carbonyl (C=O) groups excluding carboxylic acids is 1. The van der Waals surface area contributed by atoms with E-state index in [9.17, 15) is 18.0 Å². The molecule has 0 unspecified atom stereocenters. The quantitative estimate of drug-likeness (QED) is 0.885. The Hall–Kier alpha value is -2.68. The molecular formula is C18H20F3N5O. The molecule has 1 saturated heterocycles. The van der Waals surface area contributed by atoms with Crippen molar-refractivity contribution in [2.24, 2.45) is 0 Å². The molecule has 0 bridgehead atoms. The van der Waals surface area contributed by atoms with E-state index in [1.54, 1.807) is 4.90 Å². The number of nitrogens with zero attached hydrogens (tertiary/aromatic N) is 4. The first-order chi connectivity index (χ1) is 12.9. The van der Waals surface area contributed by atoms with Gasteiger partial charge >= 0.3 is 6.18 Å². The molecule has 27 heavy (non-hydrogen) atoms. The van der Waals surface area contributed by atoms with Crippen LogP contribution in [0.4, 0.5) is 24.7 Å². The first-order valence-electron chi connectivity index (χ1n) is 8.65. The van der Waals surface area contributed by atoms with E-state index in [1.807, 2.05) is 0 Å². The minimum atomic E-state index is -4.49. The van der Waals surface area contributed by atoms with Crippen LogP contribution >= 0.6 is 0 Å². The number of nitrogens with one attached hydrogen (secondary N) is 1. The molecule has 1 aliphatic rings. The van der Waals surface area contributed by atoms with Crippen molar-refractivity contribution in [1.82, 2.24) is 19.8 Å². The monoisotopic (exact) mass is 379 g/mol.